The summed E-state index contributed by atoms with van der Waals surface area (Å²) in [6.07, 6.45) is 4.93. The molecule has 0 saturated heterocycles. The molecule has 0 saturated carbocycles. The van der Waals surface area contributed by atoms with Gasteiger partial charge >= 0.3 is 0 Å². The van der Waals surface area contributed by atoms with Crippen molar-refractivity contribution in [3.8, 4) is 17.3 Å². The largest absolute Gasteiger partial charge is 0.475 e. The van der Waals surface area contributed by atoms with Crippen LogP contribution in [-0.2, 0) is 16.6 Å². The molecule has 0 fully saturated rings. The van der Waals surface area contributed by atoms with Gasteiger partial charge in [0, 0.05) is 25.0 Å². The predicted molar refractivity (Wildman–Crippen MR) is 124 cm³/mol. The molecule has 0 aliphatic heterocycles. The summed E-state index contributed by atoms with van der Waals surface area (Å²) in [6, 6.07) is 8.15. The lowest BCUT2D eigenvalue weighted by atomic mass is 10.3. The summed E-state index contributed by atoms with van der Waals surface area (Å²) in [4.78, 5) is 13.3. The van der Waals surface area contributed by atoms with Gasteiger partial charge in [-0.25, -0.2) is 28.1 Å². The number of rotatable bonds is 10. The number of hydrogen-bond donors (Lipinski definition) is 2. The molecule has 4 rings (SSSR count). The summed E-state index contributed by atoms with van der Waals surface area (Å²) in [5.74, 6) is 1.68. The van der Waals surface area contributed by atoms with Crippen molar-refractivity contribution in [2.45, 2.75) is 25.3 Å². The maximum atomic E-state index is 12.5. The van der Waals surface area contributed by atoms with E-state index < -0.39 is 10.0 Å². The summed E-state index contributed by atoms with van der Waals surface area (Å²) in [5, 5.41) is 3.11. The van der Waals surface area contributed by atoms with Gasteiger partial charge < -0.3 is 14.6 Å². The fraction of sp³-hybridized carbons (Fsp3) is 0.250. The van der Waals surface area contributed by atoms with Crippen LogP contribution >= 0.6 is 11.7 Å². The molecule has 0 spiro atoms. The highest BCUT2D eigenvalue weighted by Gasteiger charge is 2.14. The number of nitrogens with one attached hydrogen (secondary N) is 2. The number of anilines is 2. The van der Waals surface area contributed by atoms with E-state index in [1.807, 2.05) is 13.0 Å². The third kappa shape index (κ3) is 5.50. The number of benzene rings is 1. The van der Waals surface area contributed by atoms with Gasteiger partial charge in [0.15, 0.2) is 0 Å². The smallest absolute Gasteiger partial charge is 0.245 e. The number of nitrogens with zero attached hydrogens (tertiary/aromatic N) is 6. The first-order valence-corrected chi connectivity index (χ1v) is 12.3. The zero-order chi connectivity index (χ0) is 23.3. The van der Waals surface area contributed by atoms with Gasteiger partial charge in [0.25, 0.3) is 0 Å². The first kappa shape index (κ1) is 22.8. The van der Waals surface area contributed by atoms with Crippen molar-refractivity contribution in [1.29, 1.82) is 0 Å². The second-order valence-electron chi connectivity index (χ2n) is 6.84. The maximum absolute atomic E-state index is 12.5. The maximum Gasteiger partial charge on any atom is 0.245 e. The Labute approximate surface area is 195 Å². The lowest BCUT2D eigenvalue weighted by molar-refractivity contribution is 0.313. The Morgan fingerprint density at radius 2 is 1.94 bits per heavy atom. The van der Waals surface area contributed by atoms with Crippen molar-refractivity contribution in [3.05, 3.63) is 54.7 Å². The Hall–Kier alpha value is -3.42. The van der Waals surface area contributed by atoms with Crippen LogP contribution in [0, 0.1) is 6.92 Å². The molecule has 13 heteroatoms. The average molecular weight is 487 g/mol. The SMILES string of the molecule is CCn1c(-c2ccnc(Nc3ccc(S(=O)(=O)NCCOc4cnsn4)cc3)n2)cnc1C. The van der Waals surface area contributed by atoms with E-state index in [9.17, 15) is 8.42 Å². The highest BCUT2D eigenvalue weighted by atomic mass is 32.2. The summed E-state index contributed by atoms with van der Waals surface area (Å²) in [7, 11) is -3.67. The molecule has 3 heterocycles. The molecule has 0 bridgehead atoms. The van der Waals surface area contributed by atoms with Crippen molar-refractivity contribution < 1.29 is 13.2 Å². The van der Waals surface area contributed by atoms with Crippen molar-refractivity contribution in [2.24, 2.45) is 0 Å². The summed E-state index contributed by atoms with van der Waals surface area (Å²) >= 11 is 1.02. The van der Waals surface area contributed by atoms with E-state index in [1.54, 1.807) is 24.5 Å². The molecule has 172 valence electrons. The second-order valence-corrected chi connectivity index (χ2v) is 9.17. The Bertz CT molecular complexity index is 1310. The Balaban J connectivity index is 1.39. The van der Waals surface area contributed by atoms with E-state index in [0.29, 0.717) is 17.5 Å². The van der Waals surface area contributed by atoms with Crippen molar-refractivity contribution in [1.82, 2.24) is 33.0 Å². The van der Waals surface area contributed by atoms with Gasteiger partial charge in [-0.1, -0.05) is 0 Å². The predicted octanol–water partition coefficient (Wildman–Crippen LogP) is 2.62. The van der Waals surface area contributed by atoms with E-state index in [1.165, 1.54) is 18.3 Å². The molecule has 33 heavy (non-hydrogen) atoms. The third-order valence-electron chi connectivity index (χ3n) is 4.70. The van der Waals surface area contributed by atoms with Crippen molar-refractivity contribution >= 4 is 33.4 Å². The van der Waals surface area contributed by atoms with Crippen LogP contribution in [0.1, 0.15) is 12.7 Å². The fourth-order valence-corrected chi connectivity index (χ4v) is 4.49. The van der Waals surface area contributed by atoms with Crippen LogP contribution in [0.5, 0.6) is 5.88 Å². The van der Waals surface area contributed by atoms with Crippen LogP contribution in [0.2, 0.25) is 0 Å². The molecule has 3 aromatic heterocycles. The first-order chi connectivity index (χ1) is 16.0. The Morgan fingerprint density at radius 3 is 2.67 bits per heavy atom. The molecule has 11 nitrogen and oxygen atoms in total. The van der Waals surface area contributed by atoms with Gasteiger partial charge in [0.1, 0.15) is 18.6 Å². The molecular formula is C20H22N8O3S2. The fourth-order valence-electron chi connectivity index (χ4n) is 3.11. The molecule has 0 unspecified atom stereocenters. The second kappa shape index (κ2) is 10.0. The standard InChI is InChI=1S/C20H22N8O3S2/c1-3-28-14(2)22-12-18(28)17-8-9-21-20(26-17)25-15-4-6-16(7-5-15)33(29,30)24-10-11-31-19-13-23-32-27-19/h4-9,12-13,24H,3,10-11H2,1-2H3,(H,21,25,26). The lowest BCUT2D eigenvalue weighted by Gasteiger charge is -2.10. The van der Waals surface area contributed by atoms with Crippen LogP contribution in [0.3, 0.4) is 0 Å². The highest BCUT2D eigenvalue weighted by Crippen LogP contribution is 2.21. The van der Waals surface area contributed by atoms with E-state index in [0.717, 1.165) is 35.5 Å². The zero-order valence-corrected chi connectivity index (χ0v) is 19.6. The highest BCUT2D eigenvalue weighted by molar-refractivity contribution is 7.89. The molecule has 0 radical (unpaired) electrons. The number of imidazole rings is 1. The van der Waals surface area contributed by atoms with Crippen molar-refractivity contribution in [2.75, 3.05) is 18.5 Å². The van der Waals surface area contributed by atoms with Gasteiger partial charge in [0.05, 0.1) is 34.2 Å². The van der Waals surface area contributed by atoms with Gasteiger partial charge in [-0.3, -0.25) is 0 Å². The van der Waals surface area contributed by atoms with Crippen LogP contribution in [-0.4, -0.2) is 49.8 Å². The summed E-state index contributed by atoms with van der Waals surface area (Å²) in [6.45, 7) is 5.03. The van der Waals surface area contributed by atoms with Crippen molar-refractivity contribution in [3.63, 3.8) is 0 Å². The molecule has 0 amide bonds. The number of aromatic nitrogens is 6. The number of sulfonamides is 1. The quantitative estimate of drug-likeness (QED) is 0.324. The van der Waals surface area contributed by atoms with Gasteiger partial charge in [-0.05, 0) is 44.2 Å². The number of hydrogen-bond acceptors (Lipinski definition) is 10. The average Bonchev–Trinajstić information content (AvgIpc) is 3.46. The van der Waals surface area contributed by atoms with Gasteiger partial charge in [0.2, 0.25) is 21.9 Å². The normalized spacial score (nSPS) is 11.5. The van der Waals surface area contributed by atoms with Crippen LogP contribution in [0.4, 0.5) is 11.6 Å². The summed E-state index contributed by atoms with van der Waals surface area (Å²) in [5.41, 5.74) is 2.31. The van der Waals surface area contributed by atoms with Gasteiger partial charge in [-0.15, -0.1) is 4.37 Å². The van der Waals surface area contributed by atoms with Crippen LogP contribution < -0.4 is 14.8 Å². The lowest BCUT2D eigenvalue weighted by Crippen LogP contribution is -2.28. The topological polar surface area (TPSA) is 137 Å². The number of ether oxygens (including phenoxy) is 1. The van der Waals surface area contributed by atoms with Crippen LogP contribution in [0.25, 0.3) is 11.4 Å². The minimum absolute atomic E-state index is 0.105. The number of aryl methyl sites for hydroxylation is 1. The molecule has 0 atom stereocenters. The molecule has 1 aromatic carbocycles. The minimum atomic E-state index is -3.67. The molecule has 2 N–H and O–H groups in total. The molecule has 0 aliphatic rings. The van der Waals surface area contributed by atoms with Crippen LogP contribution in [0.15, 0.2) is 53.8 Å². The molecular weight excluding hydrogens is 464 g/mol. The Morgan fingerprint density at radius 1 is 1.12 bits per heavy atom. The zero-order valence-electron chi connectivity index (χ0n) is 18.0. The van der Waals surface area contributed by atoms with E-state index >= 15 is 0 Å². The Kier molecular flexibility index (Phi) is 6.91. The minimum Gasteiger partial charge on any atom is -0.475 e. The van der Waals surface area contributed by atoms with Gasteiger partial charge in [-0.2, -0.15) is 4.37 Å². The third-order valence-corrected chi connectivity index (χ3v) is 6.63. The first-order valence-electron chi connectivity index (χ1n) is 10.1. The molecule has 4 aromatic rings. The molecule has 0 aliphatic carbocycles. The summed E-state index contributed by atoms with van der Waals surface area (Å²) < 4.78 is 42.5. The monoisotopic (exact) mass is 486 g/mol. The van der Waals surface area contributed by atoms with E-state index in [4.69, 9.17) is 4.74 Å². The van der Waals surface area contributed by atoms with E-state index in [-0.39, 0.29) is 18.0 Å². The van der Waals surface area contributed by atoms with E-state index in [2.05, 4.69) is 45.2 Å².